The van der Waals surface area contributed by atoms with Gasteiger partial charge in [0, 0.05) is 6.54 Å². The lowest BCUT2D eigenvalue weighted by atomic mass is 10.0. The van der Waals surface area contributed by atoms with Crippen LogP contribution in [-0.2, 0) is 4.79 Å². The van der Waals surface area contributed by atoms with E-state index in [9.17, 15) is 4.79 Å². The van der Waals surface area contributed by atoms with E-state index in [2.05, 4.69) is 18.2 Å². The van der Waals surface area contributed by atoms with E-state index in [0.717, 1.165) is 19.4 Å². The first-order valence-electron chi connectivity index (χ1n) is 8.21. The Morgan fingerprint density at radius 3 is 2.58 bits per heavy atom. The first-order chi connectivity index (χ1) is 11.7. The molecule has 0 radical (unpaired) electrons. The van der Waals surface area contributed by atoms with Crippen LogP contribution in [-0.4, -0.2) is 23.5 Å². The van der Waals surface area contributed by atoms with Crippen LogP contribution in [0.1, 0.15) is 36.9 Å². The molecule has 4 heteroatoms. The normalized spacial score (nSPS) is 18.0. The quantitative estimate of drug-likeness (QED) is 0.863. The minimum atomic E-state index is -0.553. The highest BCUT2D eigenvalue weighted by Gasteiger charge is 2.33. The highest BCUT2D eigenvalue weighted by molar-refractivity contribution is 5.81. The summed E-state index contributed by atoms with van der Waals surface area (Å²) in [5, 5.41) is 8.83. The maximum atomic E-state index is 12.8. The number of carbonyl (C=O) groups excluding carboxylic acids is 1. The fraction of sp³-hybridized carbons (Fsp3) is 0.300. The first-order valence-corrected chi connectivity index (χ1v) is 8.21. The van der Waals surface area contributed by atoms with Gasteiger partial charge in [-0.25, -0.2) is 0 Å². The largest absolute Gasteiger partial charge is 0.481 e. The van der Waals surface area contributed by atoms with Crippen molar-refractivity contribution in [2.75, 3.05) is 6.54 Å². The van der Waals surface area contributed by atoms with Crippen molar-refractivity contribution in [3.05, 3.63) is 65.7 Å². The van der Waals surface area contributed by atoms with Gasteiger partial charge in [0.15, 0.2) is 6.10 Å². The summed E-state index contributed by atoms with van der Waals surface area (Å²) >= 11 is 0. The average molecular weight is 320 g/mol. The molecule has 1 heterocycles. The smallest absolute Gasteiger partial charge is 0.263 e. The molecule has 0 spiro atoms. The van der Waals surface area contributed by atoms with Gasteiger partial charge in [-0.05, 0) is 49.6 Å². The summed E-state index contributed by atoms with van der Waals surface area (Å²) in [5.74, 6) is 0.607. The Morgan fingerprint density at radius 1 is 1.21 bits per heavy atom. The van der Waals surface area contributed by atoms with Gasteiger partial charge in [-0.15, -0.1) is 0 Å². The number of likely N-dealkylation sites (tertiary alicyclic amines) is 1. The molecule has 1 aliphatic heterocycles. The predicted octanol–water partition coefficient (Wildman–Crippen LogP) is 3.69. The number of benzene rings is 2. The van der Waals surface area contributed by atoms with E-state index in [4.69, 9.17) is 10.00 Å². The average Bonchev–Trinajstić information content (AvgIpc) is 3.12. The fourth-order valence-corrected chi connectivity index (χ4v) is 3.15. The van der Waals surface area contributed by atoms with Crippen LogP contribution in [0.4, 0.5) is 0 Å². The highest BCUT2D eigenvalue weighted by Crippen LogP contribution is 2.32. The maximum Gasteiger partial charge on any atom is 0.263 e. The zero-order valence-electron chi connectivity index (χ0n) is 13.7. The molecule has 24 heavy (non-hydrogen) atoms. The summed E-state index contributed by atoms with van der Waals surface area (Å²) in [6.07, 6.45) is 1.44. The minimum Gasteiger partial charge on any atom is -0.481 e. The Bertz CT molecular complexity index is 734. The Morgan fingerprint density at radius 2 is 1.92 bits per heavy atom. The monoisotopic (exact) mass is 320 g/mol. The summed E-state index contributed by atoms with van der Waals surface area (Å²) in [4.78, 5) is 14.7. The van der Waals surface area contributed by atoms with Gasteiger partial charge >= 0.3 is 0 Å². The summed E-state index contributed by atoms with van der Waals surface area (Å²) in [6.45, 7) is 2.54. The zero-order chi connectivity index (χ0) is 16.9. The SMILES string of the molecule is CC(Oc1ccc(C#N)cc1)C(=O)N1CCCC1c1ccccc1. The number of nitriles is 1. The van der Waals surface area contributed by atoms with E-state index in [1.165, 1.54) is 5.56 Å². The topological polar surface area (TPSA) is 53.3 Å². The Hall–Kier alpha value is -2.80. The van der Waals surface area contributed by atoms with Crippen molar-refractivity contribution in [3.8, 4) is 11.8 Å². The minimum absolute atomic E-state index is 0.00529. The van der Waals surface area contributed by atoms with E-state index >= 15 is 0 Å². The van der Waals surface area contributed by atoms with Crippen LogP contribution in [0.5, 0.6) is 5.75 Å². The molecule has 0 N–H and O–H groups in total. The van der Waals surface area contributed by atoms with Gasteiger partial charge in [0.25, 0.3) is 5.91 Å². The van der Waals surface area contributed by atoms with Crippen LogP contribution in [0.2, 0.25) is 0 Å². The van der Waals surface area contributed by atoms with Gasteiger partial charge in [-0.2, -0.15) is 5.26 Å². The molecule has 0 aromatic heterocycles. The second kappa shape index (κ2) is 7.18. The second-order valence-electron chi connectivity index (χ2n) is 6.00. The molecule has 2 aromatic carbocycles. The van der Waals surface area contributed by atoms with E-state index in [0.29, 0.717) is 11.3 Å². The number of hydrogen-bond donors (Lipinski definition) is 0. The fourth-order valence-electron chi connectivity index (χ4n) is 3.15. The summed E-state index contributed by atoms with van der Waals surface area (Å²) in [5.41, 5.74) is 1.75. The zero-order valence-corrected chi connectivity index (χ0v) is 13.7. The number of carbonyl (C=O) groups is 1. The number of ether oxygens (including phenoxy) is 1. The van der Waals surface area contributed by atoms with Crippen LogP contribution in [0.3, 0.4) is 0 Å². The van der Waals surface area contributed by atoms with Crippen molar-refractivity contribution in [3.63, 3.8) is 0 Å². The molecule has 0 bridgehead atoms. The molecule has 1 amide bonds. The number of amides is 1. The lowest BCUT2D eigenvalue weighted by Crippen LogP contribution is -2.40. The second-order valence-corrected chi connectivity index (χ2v) is 6.00. The van der Waals surface area contributed by atoms with Gasteiger partial charge in [0.2, 0.25) is 0 Å². The van der Waals surface area contributed by atoms with Crippen molar-refractivity contribution in [2.45, 2.75) is 31.9 Å². The molecule has 0 aliphatic carbocycles. The number of hydrogen-bond acceptors (Lipinski definition) is 3. The third kappa shape index (κ3) is 3.41. The van der Waals surface area contributed by atoms with Gasteiger partial charge in [-0.1, -0.05) is 30.3 Å². The molecule has 2 atom stereocenters. The van der Waals surface area contributed by atoms with Gasteiger partial charge in [0.1, 0.15) is 5.75 Å². The van der Waals surface area contributed by atoms with Crippen molar-refractivity contribution < 1.29 is 9.53 Å². The number of rotatable bonds is 4. The van der Waals surface area contributed by atoms with Crippen molar-refractivity contribution >= 4 is 5.91 Å². The van der Waals surface area contributed by atoms with Gasteiger partial charge in [0.05, 0.1) is 17.7 Å². The van der Waals surface area contributed by atoms with E-state index in [-0.39, 0.29) is 11.9 Å². The molecular weight excluding hydrogens is 300 g/mol. The molecule has 3 rings (SSSR count). The van der Waals surface area contributed by atoms with E-state index in [1.807, 2.05) is 23.1 Å². The Kier molecular flexibility index (Phi) is 4.81. The molecule has 1 fully saturated rings. The van der Waals surface area contributed by atoms with Crippen LogP contribution >= 0.6 is 0 Å². The predicted molar refractivity (Wildman–Crippen MR) is 91.4 cm³/mol. The molecule has 1 aliphatic rings. The summed E-state index contributed by atoms with van der Waals surface area (Å²) in [6, 6.07) is 19.2. The molecule has 122 valence electrons. The number of nitrogens with zero attached hydrogens (tertiary/aromatic N) is 2. The summed E-state index contributed by atoms with van der Waals surface area (Å²) < 4.78 is 5.77. The van der Waals surface area contributed by atoms with Crippen molar-refractivity contribution in [1.29, 1.82) is 5.26 Å². The van der Waals surface area contributed by atoms with E-state index < -0.39 is 6.10 Å². The first kappa shape index (κ1) is 16.1. The van der Waals surface area contributed by atoms with Crippen molar-refractivity contribution in [1.82, 2.24) is 4.90 Å². The lowest BCUT2D eigenvalue weighted by molar-refractivity contribution is -0.138. The van der Waals surface area contributed by atoms with Gasteiger partial charge in [-0.3, -0.25) is 4.79 Å². The Labute approximate surface area is 142 Å². The molecule has 2 unspecified atom stereocenters. The molecule has 1 saturated heterocycles. The van der Waals surface area contributed by atoms with Crippen LogP contribution in [0.15, 0.2) is 54.6 Å². The standard InChI is InChI=1S/C20H20N2O2/c1-15(24-18-11-9-16(14-21)10-12-18)20(23)22-13-5-8-19(22)17-6-3-2-4-7-17/h2-4,6-7,9-12,15,19H,5,8,13H2,1H3. The molecular formula is C20H20N2O2. The van der Waals surface area contributed by atoms with Crippen molar-refractivity contribution in [2.24, 2.45) is 0 Å². The summed E-state index contributed by atoms with van der Waals surface area (Å²) in [7, 11) is 0. The van der Waals surface area contributed by atoms with Crippen LogP contribution in [0, 0.1) is 11.3 Å². The van der Waals surface area contributed by atoms with Crippen LogP contribution < -0.4 is 4.74 Å². The van der Waals surface area contributed by atoms with Gasteiger partial charge < -0.3 is 9.64 Å². The lowest BCUT2D eigenvalue weighted by Gasteiger charge is -2.28. The highest BCUT2D eigenvalue weighted by atomic mass is 16.5. The van der Waals surface area contributed by atoms with E-state index in [1.54, 1.807) is 31.2 Å². The molecule has 4 nitrogen and oxygen atoms in total. The van der Waals surface area contributed by atoms with Crippen LogP contribution in [0.25, 0.3) is 0 Å². The third-order valence-corrected chi connectivity index (χ3v) is 4.36. The molecule has 2 aromatic rings. The Balaban J connectivity index is 1.69. The molecule has 0 saturated carbocycles. The third-order valence-electron chi connectivity index (χ3n) is 4.36. The maximum absolute atomic E-state index is 12.8.